The fraction of sp³-hybridized carbons (Fsp3) is 0.700. The molecule has 0 N–H and O–H groups in total. The fourth-order valence-electron chi connectivity index (χ4n) is 0.679. The average molecular weight is 188 g/mol. The van der Waals surface area contributed by atoms with E-state index in [1.54, 1.807) is 6.92 Å². The van der Waals surface area contributed by atoms with Gasteiger partial charge in [-0.1, -0.05) is 20.8 Å². The van der Waals surface area contributed by atoms with Gasteiger partial charge in [-0.15, -0.1) is 0 Å². The van der Waals surface area contributed by atoms with Crippen LogP contribution in [0.1, 0.15) is 34.1 Å². The Hall–Kier alpha value is -0.860. The lowest BCUT2D eigenvalue weighted by Gasteiger charge is -2.14. The topological polar surface area (TPSA) is 26.3 Å². The molecule has 0 fully saturated rings. The molecule has 0 aromatic heterocycles. The van der Waals surface area contributed by atoms with Gasteiger partial charge in [-0.3, -0.25) is 0 Å². The molecule has 13 heavy (non-hydrogen) atoms. The van der Waals surface area contributed by atoms with Crippen molar-refractivity contribution in [3.8, 4) is 0 Å². The van der Waals surface area contributed by atoms with Crippen LogP contribution in [0.2, 0.25) is 0 Å². The van der Waals surface area contributed by atoms with E-state index in [2.05, 4.69) is 4.74 Å². The van der Waals surface area contributed by atoms with Gasteiger partial charge in [-0.05, 0) is 24.8 Å². The standard InChI is InChI=1S/C10H17FO2/c1-5-13-9(12)8(11)6-7-10(2,3)4/h6H,5,7H2,1-4H3/b8-6+. The van der Waals surface area contributed by atoms with Crippen LogP contribution < -0.4 is 0 Å². The van der Waals surface area contributed by atoms with E-state index >= 15 is 0 Å². The van der Waals surface area contributed by atoms with Crippen molar-refractivity contribution in [2.75, 3.05) is 6.61 Å². The largest absolute Gasteiger partial charge is 0.461 e. The minimum absolute atomic E-state index is 0.0101. The SMILES string of the molecule is CCOC(=O)/C(F)=C\CC(C)(C)C. The molecular formula is C10H17FO2. The molecule has 0 aromatic rings. The second kappa shape index (κ2) is 5.00. The molecule has 0 heterocycles. The van der Waals surface area contributed by atoms with E-state index in [9.17, 15) is 9.18 Å². The third-order valence-corrected chi connectivity index (χ3v) is 1.36. The van der Waals surface area contributed by atoms with Crippen molar-refractivity contribution in [2.24, 2.45) is 5.41 Å². The third kappa shape index (κ3) is 6.31. The summed E-state index contributed by atoms with van der Waals surface area (Å²) in [5, 5.41) is 0. The van der Waals surface area contributed by atoms with Gasteiger partial charge in [0.25, 0.3) is 0 Å². The molecule has 0 unspecified atom stereocenters. The minimum Gasteiger partial charge on any atom is -0.461 e. The first-order chi connectivity index (χ1) is 5.87. The maximum atomic E-state index is 12.9. The molecule has 0 saturated heterocycles. The molecule has 0 aliphatic heterocycles. The predicted octanol–water partition coefficient (Wildman–Crippen LogP) is 2.84. The molecule has 76 valence electrons. The minimum atomic E-state index is -0.869. The van der Waals surface area contributed by atoms with E-state index < -0.39 is 11.8 Å². The number of halogens is 1. The summed E-state index contributed by atoms with van der Waals surface area (Å²) in [4.78, 5) is 10.8. The van der Waals surface area contributed by atoms with E-state index in [0.29, 0.717) is 6.42 Å². The molecule has 0 atom stereocenters. The van der Waals surface area contributed by atoms with Crippen LogP contribution in [0.5, 0.6) is 0 Å². The van der Waals surface area contributed by atoms with Crippen LogP contribution in [0.3, 0.4) is 0 Å². The van der Waals surface area contributed by atoms with E-state index in [-0.39, 0.29) is 12.0 Å². The fourth-order valence-corrected chi connectivity index (χ4v) is 0.679. The lowest BCUT2D eigenvalue weighted by molar-refractivity contribution is -0.140. The van der Waals surface area contributed by atoms with Gasteiger partial charge in [0.15, 0.2) is 0 Å². The Balaban J connectivity index is 4.09. The molecule has 0 aromatic carbocycles. The molecule has 3 heteroatoms. The van der Waals surface area contributed by atoms with Crippen molar-refractivity contribution < 1.29 is 13.9 Å². The van der Waals surface area contributed by atoms with E-state index in [1.165, 1.54) is 6.08 Å². The van der Waals surface area contributed by atoms with Crippen LogP contribution in [-0.2, 0) is 9.53 Å². The smallest absolute Gasteiger partial charge is 0.366 e. The summed E-state index contributed by atoms with van der Waals surface area (Å²) in [5.74, 6) is -1.66. The highest BCUT2D eigenvalue weighted by atomic mass is 19.1. The van der Waals surface area contributed by atoms with Gasteiger partial charge in [0.05, 0.1) is 6.61 Å². The number of esters is 1. The lowest BCUT2D eigenvalue weighted by Crippen LogP contribution is -2.07. The molecule has 0 aliphatic rings. The Bertz CT molecular complexity index is 201. The normalized spacial score (nSPS) is 12.8. The third-order valence-electron chi connectivity index (χ3n) is 1.36. The van der Waals surface area contributed by atoms with Gasteiger partial charge < -0.3 is 4.74 Å². The monoisotopic (exact) mass is 188 g/mol. The first kappa shape index (κ1) is 12.1. The van der Waals surface area contributed by atoms with Gasteiger partial charge in [-0.2, -0.15) is 4.39 Å². The zero-order valence-electron chi connectivity index (χ0n) is 8.69. The van der Waals surface area contributed by atoms with Crippen LogP contribution in [0.25, 0.3) is 0 Å². The zero-order chi connectivity index (χ0) is 10.5. The van der Waals surface area contributed by atoms with E-state index in [0.717, 1.165) is 0 Å². The Morgan fingerprint density at radius 3 is 2.38 bits per heavy atom. The summed E-state index contributed by atoms with van der Waals surface area (Å²) < 4.78 is 17.4. The highest BCUT2D eigenvalue weighted by Gasteiger charge is 2.13. The van der Waals surface area contributed by atoms with E-state index in [1.807, 2.05) is 20.8 Å². The van der Waals surface area contributed by atoms with Crippen LogP contribution in [0.15, 0.2) is 11.9 Å². The predicted molar refractivity (Wildman–Crippen MR) is 49.9 cm³/mol. The Kier molecular flexibility index (Phi) is 4.67. The summed E-state index contributed by atoms with van der Waals surface area (Å²) in [6.07, 6.45) is 1.80. The highest BCUT2D eigenvalue weighted by Crippen LogP contribution is 2.20. The van der Waals surface area contributed by atoms with Gasteiger partial charge in [-0.25, -0.2) is 4.79 Å². The number of rotatable bonds is 3. The van der Waals surface area contributed by atoms with Crippen LogP contribution in [0, 0.1) is 5.41 Å². The maximum Gasteiger partial charge on any atom is 0.366 e. The number of hydrogen-bond donors (Lipinski definition) is 0. The van der Waals surface area contributed by atoms with Gasteiger partial charge in [0.1, 0.15) is 0 Å². The van der Waals surface area contributed by atoms with Crippen LogP contribution in [-0.4, -0.2) is 12.6 Å². The van der Waals surface area contributed by atoms with Crippen molar-refractivity contribution in [2.45, 2.75) is 34.1 Å². The highest BCUT2D eigenvalue weighted by molar-refractivity contribution is 5.85. The molecule has 0 aliphatic carbocycles. The molecule has 0 amide bonds. The number of carbonyl (C=O) groups is 1. The first-order valence-corrected chi connectivity index (χ1v) is 4.39. The molecule has 2 nitrogen and oxygen atoms in total. The average Bonchev–Trinajstić information content (AvgIpc) is 1.99. The molecule has 0 bridgehead atoms. The molecule has 0 spiro atoms. The van der Waals surface area contributed by atoms with Crippen molar-refractivity contribution >= 4 is 5.97 Å². The number of hydrogen-bond acceptors (Lipinski definition) is 2. The Morgan fingerprint density at radius 2 is 2.00 bits per heavy atom. The molecule has 0 radical (unpaired) electrons. The van der Waals surface area contributed by atoms with Crippen LogP contribution in [0.4, 0.5) is 4.39 Å². The maximum absolute atomic E-state index is 12.9. The summed E-state index contributed by atoms with van der Waals surface area (Å²) in [6.45, 7) is 7.77. The second-order valence-corrected chi connectivity index (χ2v) is 4.04. The summed E-state index contributed by atoms with van der Waals surface area (Å²) in [6, 6.07) is 0. The van der Waals surface area contributed by atoms with Gasteiger partial charge in [0.2, 0.25) is 5.83 Å². The van der Waals surface area contributed by atoms with Gasteiger partial charge >= 0.3 is 5.97 Å². The van der Waals surface area contributed by atoms with Crippen LogP contribution >= 0.6 is 0 Å². The Labute approximate surface area is 78.8 Å². The van der Waals surface area contributed by atoms with Crippen molar-refractivity contribution in [1.29, 1.82) is 0 Å². The van der Waals surface area contributed by atoms with Gasteiger partial charge in [0, 0.05) is 0 Å². The summed E-state index contributed by atoms with van der Waals surface area (Å²) in [5.41, 5.74) is -0.0101. The zero-order valence-corrected chi connectivity index (χ0v) is 8.69. The lowest BCUT2D eigenvalue weighted by atomic mass is 9.92. The molecule has 0 saturated carbocycles. The first-order valence-electron chi connectivity index (χ1n) is 4.39. The van der Waals surface area contributed by atoms with Crippen molar-refractivity contribution in [3.63, 3.8) is 0 Å². The van der Waals surface area contributed by atoms with E-state index in [4.69, 9.17) is 0 Å². The summed E-state index contributed by atoms with van der Waals surface area (Å²) >= 11 is 0. The second-order valence-electron chi connectivity index (χ2n) is 4.04. The number of allylic oxidation sites excluding steroid dienone is 1. The number of ether oxygens (including phenoxy) is 1. The molecule has 0 rings (SSSR count). The van der Waals surface area contributed by atoms with Crippen molar-refractivity contribution in [3.05, 3.63) is 11.9 Å². The molecular weight excluding hydrogens is 171 g/mol. The summed E-state index contributed by atoms with van der Waals surface area (Å²) in [7, 11) is 0. The van der Waals surface area contributed by atoms with Crippen molar-refractivity contribution in [1.82, 2.24) is 0 Å². The Morgan fingerprint density at radius 1 is 1.46 bits per heavy atom. The quantitative estimate of drug-likeness (QED) is 0.503. The number of carbonyl (C=O) groups excluding carboxylic acids is 1.